The highest BCUT2D eigenvalue weighted by atomic mass is 32.2. The SMILES string of the molecule is CC(C)Oc1ccccc1N1CC(CS(N)(=O)=O)CC1=O. The Labute approximate surface area is 124 Å². The lowest BCUT2D eigenvalue weighted by Gasteiger charge is -2.21. The Morgan fingerprint density at radius 2 is 2.05 bits per heavy atom. The van der Waals surface area contributed by atoms with Gasteiger partial charge < -0.3 is 9.64 Å². The highest BCUT2D eigenvalue weighted by Crippen LogP contribution is 2.33. The number of anilines is 1. The first-order valence-electron chi connectivity index (χ1n) is 6.83. The molecule has 2 rings (SSSR count). The van der Waals surface area contributed by atoms with Crippen LogP contribution in [-0.2, 0) is 14.8 Å². The van der Waals surface area contributed by atoms with Gasteiger partial charge in [0, 0.05) is 18.9 Å². The van der Waals surface area contributed by atoms with Crippen LogP contribution in [0.25, 0.3) is 0 Å². The zero-order valence-corrected chi connectivity index (χ0v) is 13.0. The van der Waals surface area contributed by atoms with E-state index in [-0.39, 0.29) is 30.1 Å². The van der Waals surface area contributed by atoms with Crippen molar-refractivity contribution in [1.82, 2.24) is 0 Å². The lowest BCUT2D eigenvalue weighted by atomic mass is 10.1. The first-order valence-corrected chi connectivity index (χ1v) is 8.54. The standard InChI is InChI=1S/C14H20N2O4S/c1-10(2)20-13-6-4-3-5-12(13)16-8-11(7-14(16)17)9-21(15,18)19/h3-6,10-11H,7-9H2,1-2H3,(H2,15,18,19). The van der Waals surface area contributed by atoms with Gasteiger partial charge >= 0.3 is 0 Å². The van der Waals surface area contributed by atoms with Gasteiger partial charge in [-0.05, 0) is 26.0 Å². The third kappa shape index (κ3) is 4.18. The second-order valence-electron chi connectivity index (χ2n) is 5.54. The van der Waals surface area contributed by atoms with Gasteiger partial charge in [0.25, 0.3) is 0 Å². The summed E-state index contributed by atoms with van der Waals surface area (Å²) in [5.41, 5.74) is 0.674. The summed E-state index contributed by atoms with van der Waals surface area (Å²) < 4.78 is 28.1. The van der Waals surface area contributed by atoms with Crippen LogP contribution >= 0.6 is 0 Å². The summed E-state index contributed by atoms with van der Waals surface area (Å²) >= 11 is 0. The largest absolute Gasteiger partial charge is 0.489 e. The van der Waals surface area contributed by atoms with Gasteiger partial charge in [0.1, 0.15) is 5.75 Å². The molecule has 0 bridgehead atoms. The molecule has 1 unspecified atom stereocenters. The van der Waals surface area contributed by atoms with Crippen LogP contribution in [0.1, 0.15) is 20.3 Å². The van der Waals surface area contributed by atoms with E-state index in [1.165, 1.54) is 0 Å². The molecule has 2 N–H and O–H groups in total. The second-order valence-corrected chi connectivity index (χ2v) is 7.20. The summed E-state index contributed by atoms with van der Waals surface area (Å²) in [6.07, 6.45) is 0.177. The number of hydrogen-bond donors (Lipinski definition) is 1. The molecule has 0 aromatic heterocycles. The van der Waals surface area contributed by atoms with Crippen molar-refractivity contribution in [1.29, 1.82) is 0 Å². The van der Waals surface area contributed by atoms with E-state index < -0.39 is 10.0 Å². The zero-order chi connectivity index (χ0) is 15.6. The van der Waals surface area contributed by atoms with Crippen LogP contribution in [0.2, 0.25) is 0 Å². The van der Waals surface area contributed by atoms with Gasteiger partial charge in [-0.25, -0.2) is 13.6 Å². The van der Waals surface area contributed by atoms with Crippen LogP contribution in [0.4, 0.5) is 5.69 Å². The molecule has 21 heavy (non-hydrogen) atoms. The van der Waals surface area contributed by atoms with Gasteiger partial charge in [0.05, 0.1) is 17.5 Å². The molecule has 1 fully saturated rings. The maximum Gasteiger partial charge on any atom is 0.227 e. The Balaban J connectivity index is 2.21. The van der Waals surface area contributed by atoms with E-state index in [1.807, 2.05) is 26.0 Å². The molecule has 0 saturated carbocycles. The normalized spacial score (nSPS) is 19.3. The van der Waals surface area contributed by atoms with Crippen molar-refractivity contribution in [2.45, 2.75) is 26.4 Å². The number of carbonyl (C=O) groups is 1. The molecule has 1 saturated heterocycles. The van der Waals surface area contributed by atoms with Gasteiger partial charge in [-0.1, -0.05) is 12.1 Å². The number of carbonyl (C=O) groups excluding carboxylic acids is 1. The smallest absolute Gasteiger partial charge is 0.227 e. The van der Waals surface area contributed by atoms with E-state index in [2.05, 4.69) is 0 Å². The van der Waals surface area contributed by atoms with Crippen molar-refractivity contribution < 1.29 is 17.9 Å². The van der Waals surface area contributed by atoms with Crippen LogP contribution in [0.5, 0.6) is 5.75 Å². The summed E-state index contributed by atoms with van der Waals surface area (Å²) in [7, 11) is -3.58. The maximum absolute atomic E-state index is 12.1. The van der Waals surface area contributed by atoms with Gasteiger partial charge in [-0.2, -0.15) is 0 Å². The number of amides is 1. The topological polar surface area (TPSA) is 89.7 Å². The van der Waals surface area contributed by atoms with E-state index in [0.29, 0.717) is 18.0 Å². The average Bonchev–Trinajstić information content (AvgIpc) is 2.67. The minimum absolute atomic E-state index is 0.0101. The summed E-state index contributed by atoms with van der Waals surface area (Å²) in [5.74, 6) is 0.0581. The van der Waals surface area contributed by atoms with Gasteiger partial charge in [-0.15, -0.1) is 0 Å². The molecule has 1 aliphatic heterocycles. The molecule has 1 heterocycles. The van der Waals surface area contributed by atoms with Crippen LogP contribution in [0.15, 0.2) is 24.3 Å². The average molecular weight is 312 g/mol. The highest BCUT2D eigenvalue weighted by molar-refractivity contribution is 7.89. The number of hydrogen-bond acceptors (Lipinski definition) is 4. The molecule has 1 aliphatic rings. The number of nitrogens with zero attached hydrogens (tertiary/aromatic N) is 1. The van der Waals surface area contributed by atoms with E-state index in [4.69, 9.17) is 9.88 Å². The van der Waals surface area contributed by atoms with E-state index in [0.717, 1.165) is 0 Å². The Morgan fingerprint density at radius 3 is 2.67 bits per heavy atom. The summed E-state index contributed by atoms with van der Waals surface area (Å²) in [4.78, 5) is 13.7. The summed E-state index contributed by atoms with van der Waals surface area (Å²) in [6, 6.07) is 7.26. The Kier molecular flexibility index (Phi) is 4.53. The van der Waals surface area contributed by atoms with E-state index in [1.54, 1.807) is 17.0 Å². The lowest BCUT2D eigenvalue weighted by molar-refractivity contribution is -0.117. The summed E-state index contributed by atoms with van der Waals surface area (Å²) in [6.45, 7) is 4.16. The Morgan fingerprint density at radius 1 is 1.38 bits per heavy atom. The molecule has 0 radical (unpaired) electrons. The predicted octanol–water partition coefficient (Wildman–Crippen LogP) is 1.12. The van der Waals surface area contributed by atoms with Crippen molar-refractivity contribution >= 4 is 21.6 Å². The number of para-hydroxylation sites is 2. The number of benzene rings is 1. The first kappa shape index (κ1) is 15.8. The van der Waals surface area contributed by atoms with Crippen molar-refractivity contribution in [3.8, 4) is 5.75 Å². The number of primary sulfonamides is 1. The number of sulfonamides is 1. The van der Waals surface area contributed by atoms with Crippen molar-refractivity contribution in [2.24, 2.45) is 11.1 Å². The first-order chi connectivity index (χ1) is 9.76. The van der Waals surface area contributed by atoms with Crippen molar-refractivity contribution in [3.05, 3.63) is 24.3 Å². The molecular weight excluding hydrogens is 292 g/mol. The fraction of sp³-hybridized carbons (Fsp3) is 0.500. The monoisotopic (exact) mass is 312 g/mol. The van der Waals surface area contributed by atoms with E-state index >= 15 is 0 Å². The molecule has 7 heteroatoms. The van der Waals surface area contributed by atoms with Crippen molar-refractivity contribution in [2.75, 3.05) is 17.2 Å². The third-order valence-electron chi connectivity index (χ3n) is 3.19. The van der Waals surface area contributed by atoms with Crippen LogP contribution in [0.3, 0.4) is 0 Å². The molecule has 0 spiro atoms. The van der Waals surface area contributed by atoms with E-state index in [9.17, 15) is 13.2 Å². The number of nitrogens with two attached hydrogens (primary N) is 1. The van der Waals surface area contributed by atoms with Gasteiger partial charge in [0.15, 0.2) is 0 Å². The molecule has 6 nitrogen and oxygen atoms in total. The highest BCUT2D eigenvalue weighted by Gasteiger charge is 2.34. The Hall–Kier alpha value is -1.60. The van der Waals surface area contributed by atoms with Gasteiger partial charge in [-0.3, -0.25) is 4.79 Å². The fourth-order valence-electron chi connectivity index (χ4n) is 2.49. The molecule has 1 amide bonds. The third-order valence-corrected chi connectivity index (χ3v) is 4.13. The van der Waals surface area contributed by atoms with Crippen LogP contribution in [-0.4, -0.2) is 32.7 Å². The molecule has 0 aliphatic carbocycles. The lowest BCUT2D eigenvalue weighted by Crippen LogP contribution is -2.28. The minimum Gasteiger partial charge on any atom is -0.489 e. The Bertz CT molecular complexity index is 628. The van der Waals surface area contributed by atoms with Gasteiger partial charge in [0.2, 0.25) is 15.9 Å². The molecule has 116 valence electrons. The molecular formula is C14H20N2O4S. The van der Waals surface area contributed by atoms with Crippen LogP contribution in [0, 0.1) is 5.92 Å². The fourth-order valence-corrected chi connectivity index (χ4v) is 3.37. The molecule has 1 aromatic carbocycles. The summed E-state index contributed by atoms with van der Waals surface area (Å²) in [5, 5.41) is 5.06. The second kappa shape index (κ2) is 6.03. The zero-order valence-electron chi connectivity index (χ0n) is 12.2. The molecule has 1 atom stereocenters. The predicted molar refractivity (Wildman–Crippen MR) is 80.6 cm³/mol. The number of ether oxygens (including phenoxy) is 1. The quantitative estimate of drug-likeness (QED) is 0.882. The maximum atomic E-state index is 12.1. The van der Waals surface area contributed by atoms with Crippen molar-refractivity contribution in [3.63, 3.8) is 0 Å². The number of rotatable bonds is 5. The molecule has 1 aromatic rings. The minimum atomic E-state index is -3.58. The van der Waals surface area contributed by atoms with Crippen LogP contribution < -0.4 is 14.8 Å².